The number of rotatable bonds is 3. The third-order valence-corrected chi connectivity index (χ3v) is 6.07. The second-order valence-electron chi connectivity index (χ2n) is 6.98. The summed E-state index contributed by atoms with van der Waals surface area (Å²) in [6, 6.07) is 9.25. The number of aryl methyl sites for hydroxylation is 1. The monoisotopic (exact) mass is 518 g/mol. The molecule has 0 radical (unpaired) electrons. The molecule has 4 aromatic rings. The van der Waals surface area contributed by atoms with Gasteiger partial charge in [-0.15, -0.1) is 0 Å². The first-order chi connectivity index (χ1) is 14.3. The molecule has 0 aliphatic heterocycles. The highest BCUT2D eigenvalue weighted by Crippen LogP contribution is 2.52. The number of benzene rings is 4. The molecule has 0 amide bonds. The van der Waals surface area contributed by atoms with Crippen molar-refractivity contribution in [3.63, 3.8) is 0 Å². The van der Waals surface area contributed by atoms with Gasteiger partial charge in [0.15, 0.2) is 0 Å². The molecule has 4 rings (SSSR count). The molecule has 0 fully saturated rings. The van der Waals surface area contributed by atoms with Crippen LogP contribution in [0.3, 0.4) is 0 Å². The van der Waals surface area contributed by atoms with Crippen molar-refractivity contribution in [2.24, 2.45) is 0 Å². The Morgan fingerprint density at radius 3 is 1.67 bits per heavy atom. The number of phenols is 4. The summed E-state index contributed by atoms with van der Waals surface area (Å²) >= 11 is 2.11. The van der Waals surface area contributed by atoms with Crippen molar-refractivity contribution >= 4 is 44.1 Å². The van der Waals surface area contributed by atoms with Crippen LogP contribution in [0.25, 0.3) is 32.7 Å². The second kappa shape index (κ2) is 7.32. The van der Waals surface area contributed by atoms with Crippen LogP contribution in [-0.4, -0.2) is 34.6 Å². The van der Waals surface area contributed by atoms with E-state index < -0.39 is 0 Å². The Bertz CT molecular complexity index is 1230. The number of methoxy groups -OCH3 is 2. The average Bonchev–Trinajstić information content (AvgIpc) is 2.68. The van der Waals surface area contributed by atoms with E-state index >= 15 is 0 Å². The van der Waals surface area contributed by atoms with Crippen LogP contribution in [0.5, 0.6) is 34.5 Å². The van der Waals surface area contributed by atoms with Gasteiger partial charge in [-0.05, 0) is 64.7 Å². The van der Waals surface area contributed by atoms with E-state index in [1.54, 1.807) is 24.3 Å². The van der Waals surface area contributed by atoms with Gasteiger partial charge in [-0.1, -0.05) is 0 Å². The van der Waals surface area contributed by atoms with E-state index in [1.807, 2.05) is 6.92 Å². The molecule has 0 unspecified atom stereocenters. The summed E-state index contributed by atoms with van der Waals surface area (Å²) in [5.41, 5.74) is 1.82. The van der Waals surface area contributed by atoms with Crippen molar-refractivity contribution in [1.82, 2.24) is 0 Å². The van der Waals surface area contributed by atoms with Crippen molar-refractivity contribution in [3.8, 4) is 45.6 Å². The number of ether oxygens (including phenoxy) is 2. The topological polar surface area (TPSA) is 99.4 Å². The molecule has 0 saturated heterocycles. The molecule has 0 atom stereocenters. The van der Waals surface area contributed by atoms with E-state index in [1.165, 1.54) is 26.4 Å². The number of hydrogen-bond donors (Lipinski definition) is 4. The lowest BCUT2D eigenvalue weighted by atomic mass is 9.89. The zero-order valence-electron chi connectivity index (χ0n) is 16.4. The maximum absolute atomic E-state index is 10.8. The summed E-state index contributed by atoms with van der Waals surface area (Å²) in [5, 5.41) is 43.8. The Morgan fingerprint density at radius 2 is 1.13 bits per heavy atom. The molecule has 0 aliphatic carbocycles. The molecule has 30 heavy (non-hydrogen) atoms. The fraction of sp³-hybridized carbons (Fsp3) is 0.130. The number of fused-ring (bicyclic) bond motifs is 2. The third-order valence-electron chi connectivity index (χ3n) is 5.17. The van der Waals surface area contributed by atoms with Crippen LogP contribution >= 0.6 is 22.6 Å². The summed E-state index contributed by atoms with van der Waals surface area (Å²) in [4.78, 5) is 0. The fourth-order valence-corrected chi connectivity index (χ4v) is 4.63. The summed E-state index contributed by atoms with van der Waals surface area (Å²) < 4.78 is 12.1. The second-order valence-corrected chi connectivity index (χ2v) is 8.14. The van der Waals surface area contributed by atoms with Crippen LogP contribution in [0.1, 0.15) is 5.56 Å². The minimum absolute atomic E-state index is 0.0635. The van der Waals surface area contributed by atoms with E-state index in [4.69, 9.17) is 9.47 Å². The van der Waals surface area contributed by atoms with Gasteiger partial charge >= 0.3 is 0 Å². The van der Waals surface area contributed by atoms with Gasteiger partial charge in [0.25, 0.3) is 0 Å². The van der Waals surface area contributed by atoms with E-state index in [0.29, 0.717) is 44.2 Å². The van der Waals surface area contributed by atoms with E-state index in [9.17, 15) is 20.4 Å². The largest absolute Gasteiger partial charge is 0.508 e. The molecule has 0 aliphatic rings. The van der Waals surface area contributed by atoms with Crippen LogP contribution in [-0.2, 0) is 0 Å². The summed E-state index contributed by atoms with van der Waals surface area (Å²) in [6.45, 7) is 1.85. The molecule has 4 aromatic carbocycles. The van der Waals surface area contributed by atoms with Crippen molar-refractivity contribution in [1.29, 1.82) is 0 Å². The van der Waals surface area contributed by atoms with Gasteiger partial charge < -0.3 is 29.9 Å². The van der Waals surface area contributed by atoms with Crippen molar-refractivity contribution < 1.29 is 29.9 Å². The minimum atomic E-state index is -0.133. The quantitative estimate of drug-likeness (QED) is 0.271. The maximum atomic E-state index is 10.8. The van der Waals surface area contributed by atoms with Crippen LogP contribution < -0.4 is 9.47 Å². The van der Waals surface area contributed by atoms with Crippen molar-refractivity contribution in [2.45, 2.75) is 6.92 Å². The van der Waals surface area contributed by atoms with Crippen LogP contribution in [0.15, 0.2) is 36.4 Å². The summed E-state index contributed by atoms with van der Waals surface area (Å²) in [6.07, 6.45) is 0. The van der Waals surface area contributed by atoms with Crippen LogP contribution in [0, 0.1) is 10.5 Å². The van der Waals surface area contributed by atoms with Crippen LogP contribution in [0.2, 0.25) is 0 Å². The smallest absolute Gasteiger partial charge is 0.128 e. The molecule has 6 nitrogen and oxygen atoms in total. The first-order valence-electron chi connectivity index (χ1n) is 9.02. The van der Waals surface area contributed by atoms with E-state index in [-0.39, 0.29) is 23.0 Å². The molecule has 7 heteroatoms. The third kappa shape index (κ3) is 3.00. The first kappa shape index (κ1) is 20.2. The lowest BCUT2D eigenvalue weighted by molar-refractivity contribution is 0.410. The van der Waals surface area contributed by atoms with Gasteiger partial charge in [0, 0.05) is 43.0 Å². The highest BCUT2D eigenvalue weighted by atomic mass is 127. The Balaban J connectivity index is 2.32. The maximum Gasteiger partial charge on any atom is 0.128 e. The zero-order chi connectivity index (χ0) is 21.7. The highest BCUT2D eigenvalue weighted by molar-refractivity contribution is 14.1. The van der Waals surface area contributed by atoms with Crippen molar-refractivity contribution in [2.75, 3.05) is 14.2 Å². The molecular formula is C23H19IO6. The minimum Gasteiger partial charge on any atom is -0.508 e. The Morgan fingerprint density at radius 1 is 0.667 bits per heavy atom. The molecular weight excluding hydrogens is 499 g/mol. The predicted octanol–water partition coefficient (Wildman–Crippen LogP) is 5.41. The lowest BCUT2D eigenvalue weighted by Crippen LogP contribution is -1.97. The Kier molecular flexibility index (Phi) is 4.93. The SMILES string of the molecule is COc1cc(C)c2cc(O)cc(O)c2c1-c1c(OC)cc(I)c2cc(O)cc(O)c12. The molecule has 0 aromatic heterocycles. The molecule has 0 spiro atoms. The first-order valence-corrected chi connectivity index (χ1v) is 10.1. The molecule has 0 saturated carbocycles. The molecule has 154 valence electrons. The van der Waals surface area contributed by atoms with Gasteiger partial charge in [0.2, 0.25) is 0 Å². The van der Waals surface area contributed by atoms with Gasteiger partial charge in [-0.3, -0.25) is 0 Å². The molecule has 0 bridgehead atoms. The summed E-state index contributed by atoms with van der Waals surface area (Å²) in [7, 11) is 3.04. The molecule has 0 heterocycles. The van der Waals surface area contributed by atoms with Gasteiger partial charge in [-0.2, -0.15) is 0 Å². The summed E-state index contributed by atoms with van der Waals surface area (Å²) in [5.74, 6) is 0.534. The fourth-order valence-electron chi connectivity index (χ4n) is 3.93. The normalized spacial score (nSPS) is 11.2. The average molecular weight is 518 g/mol. The Labute approximate surface area is 186 Å². The standard InChI is InChI=1S/C23H19IO6/c1-10-4-18(29-2)22(20-13(10)5-11(25)7-16(20)27)23-19(30-3)9-15(24)14-6-12(26)8-17(28)21(14)23/h4-9,25-28H,1-3H3. The lowest BCUT2D eigenvalue weighted by Gasteiger charge is -2.21. The molecule has 4 N–H and O–H groups in total. The van der Waals surface area contributed by atoms with E-state index in [2.05, 4.69) is 22.6 Å². The number of halogens is 1. The van der Waals surface area contributed by atoms with Gasteiger partial charge in [0.1, 0.15) is 34.5 Å². The van der Waals surface area contributed by atoms with E-state index in [0.717, 1.165) is 9.13 Å². The Hall–Kier alpha value is -3.07. The predicted molar refractivity (Wildman–Crippen MR) is 124 cm³/mol. The number of phenolic OH excluding ortho intramolecular Hbond substituents is 4. The number of hydrogen-bond acceptors (Lipinski definition) is 6. The van der Waals surface area contributed by atoms with Crippen molar-refractivity contribution in [3.05, 3.63) is 45.5 Å². The highest BCUT2D eigenvalue weighted by Gasteiger charge is 2.25. The van der Waals surface area contributed by atoms with Gasteiger partial charge in [-0.25, -0.2) is 0 Å². The van der Waals surface area contributed by atoms with Crippen LogP contribution in [0.4, 0.5) is 0 Å². The number of aromatic hydroxyl groups is 4. The zero-order valence-corrected chi connectivity index (χ0v) is 18.6. The van der Waals surface area contributed by atoms with Gasteiger partial charge in [0.05, 0.1) is 14.2 Å².